The monoisotopic (exact) mass is 264 g/mol. The van der Waals surface area contributed by atoms with E-state index in [4.69, 9.17) is 11.6 Å². The molecule has 0 fully saturated rings. The number of nitrogens with one attached hydrogen (secondary N) is 1. The summed E-state index contributed by atoms with van der Waals surface area (Å²) in [6.07, 6.45) is 0. The molecule has 0 saturated heterocycles. The molecular formula is C13H13ClN2O2. The number of H-pyrrole nitrogens is 1. The Bertz CT molecular complexity index is 635. The number of rotatable bonds is 2. The van der Waals surface area contributed by atoms with Crippen molar-refractivity contribution in [3.05, 3.63) is 45.5 Å². The molecule has 1 aromatic heterocycles. The number of aromatic amines is 1. The molecule has 0 aliphatic heterocycles. The highest BCUT2D eigenvalue weighted by molar-refractivity contribution is 6.33. The summed E-state index contributed by atoms with van der Waals surface area (Å²) >= 11 is 6.01. The van der Waals surface area contributed by atoms with E-state index in [1.54, 1.807) is 24.3 Å². The van der Waals surface area contributed by atoms with Gasteiger partial charge in [-0.15, -0.1) is 0 Å². The van der Waals surface area contributed by atoms with Gasteiger partial charge in [-0.1, -0.05) is 43.6 Å². The van der Waals surface area contributed by atoms with E-state index in [1.165, 1.54) is 0 Å². The highest BCUT2D eigenvalue weighted by Crippen LogP contribution is 2.30. The van der Waals surface area contributed by atoms with Gasteiger partial charge in [0.05, 0.1) is 0 Å². The number of aromatic nitrogens is 2. The zero-order chi connectivity index (χ0) is 13.3. The third-order valence-corrected chi connectivity index (χ3v) is 2.94. The van der Waals surface area contributed by atoms with E-state index < -0.39 is 0 Å². The first-order valence-electron chi connectivity index (χ1n) is 5.58. The Kier molecular flexibility index (Phi) is 3.39. The molecule has 0 aliphatic carbocycles. The quantitative estimate of drug-likeness (QED) is 0.876. The Labute approximate surface area is 109 Å². The second-order valence-electron chi connectivity index (χ2n) is 4.28. The van der Waals surface area contributed by atoms with Crippen LogP contribution in [0.3, 0.4) is 0 Å². The molecule has 18 heavy (non-hydrogen) atoms. The molecule has 4 nitrogen and oxygen atoms in total. The van der Waals surface area contributed by atoms with Gasteiger partial charge in [0.25, 0.3) is 5.56 Å². The molecule has 0 atom stereocenters. The number of hydrogen-bond acceptors (Lipinski definition) is 3. The van der Waals surface area contributed by atoms with Gasteiger partial charge in [0, 0.05) is 16.5 Å². The van der Waals surface area contributed by atoms with Crippen molar-refractivity contribution >= 4 is 11.6 Å². The van der Waals surface area contributed by atoms with Crippen LogP contribution in [-0.2, 0) is 0 Å². The summed E-state index contributed by atoms with van der Waals surface area (Å²) in [4.78, 5) is 18.7. The lowest BCUT2D eigenvalue weighted by atomic mass is 10.1. The minimum absolute atomic E-state index is 0.0314. The largest absolute Gasteiger partial charge is 0.493 e. The fraction of sp³-hybridized carbons (Fsp3) is 0.231. The van der Waals surface area contributed by atoms with Gasteiger partial charge in [-0.25, -0.2) is 0 Å². The molecule has 0 bridgehead atoms. The predicted molar refractivity (Wildman–Crippen MR) is 71.1 cm³/mol. The van der Waals surface area contributed by atoms with Crippen LogP contribution in [0.2, 0.25) is 5.02 Å². The molecule has 5 heteroatoms. The minimum Gasteiger partial charge on any atom is -0.493 e. The highest BCUT2D eigenvalue weighted by Gasteiger charge is 2.16. The maximum absolute atomic E-state index is 12.0. The van der Waals surface area contributed by atoms with Gasteiger partial charge in [0.15, 0.2) is 0 Å². The lowest BCUT2D eigenvalue weighted by molar-refractivity contribution is 0.448. The molecule has 2 N–H and O–H groups in total. The average Bonchev–Trinajstić information content (AvgIpc) is 2.30. The molecule has 0 aliphatic rings. The molecule has 0 radical (unpaired) electrons. The summed E-state index contributed by atoms with van der Waals surface area (Å²) in [6.45, 7) is 3.76. The SMILES string of the molecule is CC(C)c1nc(O)c(-c2ccccc2Cl)c(=O)[nH]1. The van der Waals surface area contributed by atoms with E-state index in [2.05, 4.69) is 9.97 Å². The third-order valence-electron chi connectivity index (χ3n) is 2.61. The first kappa shape index (κ1) is 12.6. The van der Waals surface area contributed by atoms with E-state index in [9.17, 15) is 9.90 Å². The third kappa shape index (κ3) is 2.24. The van der Waals surface area contributed by atoms with Crippen molar-refractivity contribution in [2.24, 2.45) is 0 Å². The van der Waals surface area contributed by atoms with Crippen molar-refractivity contribution < 1.29 is 5.11 Å². The van der Waals surface area contributed by atoms with Crippen molar-refractivity contribution in [2.45, 2.75) is 19.8 Å². The zero-order valence-corrected chi connectivity index (χ0v) is 10.8. The molecule has 0 spiro atoms. The lowest BCUT2D eigenvalue weighted by Gasteiger charge is -2.09. The van der Waals surface area contributed by atoms with E-state index in [0.29, 0.717) is 16.4 Å². The summed E-state index contributed by atoms with van der Waals surface area (Å²) in [5.41, 5.74) is 0.185. The van der Waals surface area contributed by atoms with Crippen molar-refractivity contribution in [1.82, 2.24) is 9.97 Å². The van der Waals surface area contributed by atoms with Gasteiger partial charge < -0.3 is 10.1 Å². The number of hydrogen-bond donors (Lipinski definition) is 2. The number of halogens is 1. The topological polar surface area (TPSA) is 66.0 Å². The maximum atomic E-state index is 12.0. The Hall–Kier alpha value is -1.81. The van der Waals surface area contributed by atoms with Gasteiger partial charge in [-0.2, -0.15) is 4.98 Å². The summed E-state index contributed by atoms with van der Waals surface area (Å²) in [7, 11) is 0. The highest BCUT2D eigenvalue weighted by atomic mass is 35.5. The fourth-order valence-corrected chi connectivity index (χ4v) is 1.89. The van der Waals surface area contributed by atoms with Gasteiger partial charge in [0.1, 0.15) is 11.4 Å². The minimum atomic E-state index is -0.390. The number of nitrogens with zero attached hydrogens (tertiary/aromatic N) is 1. The molecule has 2 rings (SSSR count). The summed E-state index contributed by atoms with van der Waals surface area (Å²) < 4.78 is 0. The summed E-state index contributed by atoms with van der Waals surface area (Å²) in [5, 5.41) is 10.3. The Morgan fingerprint density at radius 1 is 1.33 bits per heavy atom. The van der Waals surface area contributed by atoms with Crippen molar-refractivity contribution in [3.63, 3.8) is 0 Å². The Morgan fingerprint density at radius 2 is 2.00 bits per heavy atom. The molecule has 1 aromatic carbocycles. The maximum Gasteiger partial charge on any atom is 0.262 e. The van der Waals surface area contributed by atoms with Crippen LogP contribution in [0.15, 0.2) is 29.1 Å². The second-order valence-corrected chi connectivity index (χ2v) is 4.69. The van der Waals surface area contributed by atoms with Crippen LogP contribution in [0.25, 0.3) is 11.1 Å². The normalized spacial score (nSPS) is 10.9. The van der Waals surface area contributed by atoms with Crippen LogP contribution in [0.1, 0.15) is 25.6 Å². The van der Waals surface area contributed by atoms with E-state index >= 15 is 0 Å². The summed E-state index contributed by atoms with van der Waals surface area (Å²) in [6, 6.07) is 6.83. The molecule has 1 heterocycles. The van der Waals surface area contributed by atoms with Crippen LogP contribution in [-0.4, -0.2) is 15.1 Å². The van der Waals surface area contributed by atoms with Gasteiger partial charge in [0.2, 0.25) is 5.88 Å². The van der Waals surface area contributed by atoms with Gasteiger partial charge in [-0.05, 0) is 6.07 Å². The van der Waals surface area contributed by atoms with Crippen molar-refractivity contribution in [1.29, 1.82) is 0 Å². The van der Waals surface area contributed by atoms with E-state index in [1.807, 2.05) is 13.8 Å². The first-order valence-corrected chi connectivity index (χ1v) is 5.96. The lowest BCUT2D eigenvalue weighted by Crippen LogP contribution is -2.15. The number of benzene rings is 1. The van der Waals surface area contributed by atoms with Gasteiger partial charge in [-0.3, -0.25) is 4.79 Å². The van der Waals surface area contributed by atoms with Gasteiger partial charge >= 0.3 is 0 Å². The van der Waals surface area contributed by atoms with Crippen molar-refractivity contribution in [2.75, 3.05) is 0 Å². The fourth-order valence-electron chi connectivity index (χ4n) is 1.66. The Balaban J connectivity index is 2.67. The van der Waals surface area contributed by atoms with Crippen LogP contribution in [0.5, 0.6) is 5.88 Å². The molecule has 0 saturated carbocycles. The van der Waals surface area contributed by atoms with Crippen LogP contribution >= 0.6 is 11.6 Å². The average molecular weight is 265 g/mol. The molecular weight excluding hydrogens is 252 g/mol. The number of aromatic hydroxyl groups is 1. The van der Waals surface area contributed by atoms with E-state index in [0.717, 1.165) is 0 Å². The second kappa shape index (κ2) is 4.82. The van der Waals surface area contributed by atoms with E-state index in [-0.39, 0.29) is 22.9 Å². The van der Waals surface area contributed by atoms with Crippen molar-refractivity contribution in [3.8, 4) is 17.0 Å². The molecule has 0 amide bonds. The standard InChI is InChI=1S/C13H13ClN2O2/c1-7(2)11-15-12(17)10(13(18)16-11)8-5-3-4-6-9(8)14/h3-7H,1-2H3,(H2,15,16,17,18). The molecule has 94 valence electrons. The zero-order valence-electron chi connectivity index (χ0n) is 10.1. The molecule has 2 aromatic rings. The van der Waals surface area contributed by atoms with Crippen LogP contribution in [0, 0.1) is 0 Å². The van der Waals surface area contributed by atoms with Crippen LogP contribution in [0.4, 0.5) is 0 Å². The summed E-state index contributed by atoms with van der Waals surface area (Å²) in [5.74, 6) is 0.188. The van der Waals surface area contributed by atoms with Crippen LogP contribution < -0.4 is 5.56 Å². The smallest absolute Gasteiger partial charge is 0.262 e. The Morgan fingerprint density at radius 3 is 2.56 bits per heavy atom. The molecule has 0 unspecified atom stereocenters. The predicted octanol–water partition coefficient (Wildman–Crippen LogP) is 2.92. The first-order chi connectivity index (χ1) is 8.50.